The zero-order valence-electron chi connectivity index (χ0n) is 7.66. The summed E-state index contributed by atoms with van der Waals surface area (Å²) in [7, 11) is 1.76. The molecule has 0 aliphatic rings. The van der Waals surface area contributed by atoms with Gasteiger partial charge in [0.15, 0.2) is 0 Å². The molecule has 0 N–H and O–H groups in total. The van der Waals surface area contributed by atoms with E-state index in [2.05, 4.69) is 0 Å². The third kappa shape index (κ3) is 1.64. The SMILES string of the molecule is Cc1ccc(C)c(N(C)C=O)c1. The number of aryl methyl sites for hydroxylation is 2. The highest BCUT2D eigenvalue weighted by Crippen LogP contribution is 2.18. The Balaban J connectivity index is 3.12. The van der Waals surface area contributed by atoms with Crippen molar-refractivity contribution in [1.29, 1.82) is 0 Å². The van der Waals surface area contributed by atoms with Gasteiger partial charge in [0.25, 0.3) is 0 Å². The Morgan fingerprint density at radius 2 is 2.00 bits per heavy atom. The van der Waals surface area contributed by atoms with Crippen molar-refractivity contribution < 1.29 is 4.79 Å². The molecule has 0 fully saturated rings. The highest BCUT2D eigenvalue weighted by Gasteiger charge is 2.01. The Hall–Kier alpha value is -1.31. The highest BCUT2D eigenvalue weighted by atomic mass is 16.1. The number of nitrogens with zero attached hydrogens (tertiary/aromatic N) is 1. The van der Waals surface area contributed by atoms with E-state index in [0.717, 1.165) is 17.7 Å². The van der Waals surface area contributed by atoms with E-state index in [1.54, 1.807) is 11.9 Å². The van der Waals surface area contributed by atoms with Crippen molar-refractivity contribution in [2.24, 2.45) is 0 Å². The van der Waals surface area contributed by atoms with Crippen molar-refractivity contribution in [3.05, 3.63) is 29.3 Å². The van der Waals surface area contributed by atoms with Gasteiger partial charge in [0.2, 0.25) is 6.41 Å². The van der Waals surface area contributed by atoms with Crippen molar-refractivity contribution >= 4 is 12.1 Å². The third-order valence-electron chi connectivity index (χ3n) is 1.90. The Morgan fingerprint density at radius 1 is 1.33 bits per heavy atom. The lowest BCUT2D eigenvalue weighted by Gasteiger charge is -2.14. The summed E-state index contributed by atoms with van der Waals surface area (Å²) in [4.78, 5) is 12.1. The number of amides is 1. The second-order valence-electron chi connectivity index (χ2n) is 3.01. The first-order valence-electron chi connectivity index (χ1n) is 3.90. The molecular weight excluding hydrogens is 150 g/mol. The molecule has 0 aliphatic carbocycles. The Bertz CT molecular complexity index is 294. The third-order valence-corrected chi connectivity index (χ3v) is 1.90. The molecule has 2 nitrogen and oxygen atoms in total. The number of carbonyl (C=O) groups is 1. The lowest BCUT2D eigenvalue weighted by atomic mass is 10.1. The molecule has 0 radical (unpaired) electrons. The second-order valence-corrected chi connectivity index (χ2v) is 3.01. The van der Waals surface area contributed by atoms with E-state index in [0.29, 0.717) is 0 Å². The largest absolute Gasteiger partial charge is 0.318 e. The van der Waals surface area contributed by atoms with Gasteiger partial charge >= 0.3 is 0 Å². The standard InChI is InChI=1S/C10H13NO/c1-8-4-5-9(2)10(6-8)11(3)7-12/h4-7H,1-3H3. The van der Waals surface area contributed by atoms with E-state index in [-0.39, 0.29) is 0 Å². The predicted octanol–water partition coefficient (Wildman–Crippen LogP) is 1.90. The van der Waals surface area contributed by atoms with Crippen molar-refractivity contribution in [3.8, 4) is 0 Å². The Morgan fingerprint density at radius 3 is 2.58 bits per heavy atom. The average molecular weight is 163 g/mol. The monoisotopic (exact) mass is 163 g/mol. The first-order chi connectivity index (χ1) is 5.65. The summed E-state index contributed by atoms with van der Waals surface area (Å²) in [6.45, 7) is 4.01. The van der Waals surface area contributed by atoms with Gasteiger partial charge in [-0.1, -0.05) is 12.1 Å². The van der Waals surface area contributed by atoms with Gasteiger partial charge in [0.05, 0.1) is 0 Å². The molecule has 12 heavy (non-hydrogen) atoms. The molecule has 1 aromatic carbocycles. The molecule has 1 amide bonds. The molecule has 0 saturated carbocycles. The fourth-order valence-corrected chi connectivity index (χ4v) is 1.16. The summed E-state index contributed by atoms with van der Waals surface area (Å²) in [6.07, 6.45) is 0.821. The number of anilines is 1. The van der Waals surface area contributed by atoms with Crippen molar-refractivity contribution in [1.82, 2.24) is 0 Å². The maximum Gasteiger partial charge on any atom is 0.213 e. The highest BCUT2D eigenvalue weighted by molar-refractivity contribution is 5.76. The zero-order chi connectivity index (χ0) is 9.14. The minimum absolute atomic E-state index is 0.821. The van der Waals surface area contributed by atoms with Crippen LogP contribution in [0.1, 0.15) is 11.1 Å². The molecule has 1 aromatic rings. The van der Waals surface area contributed by atoms with Gasteiger partial charge in [-0.2, -0.15) is 0 Å². The van der Waals surface area contributed by atoms with Gasteiger partial charge in [0.1, 0.15) is 0 Å². The topological polar surface area (TPSA) is 20.3 Å². The van der Waals surface area contributed by atoms with Crippen LogP contribution >= 0.6 is 0 Å². The fourth-order valence-electron chi connectivity index (χ4n) is 1.16. The van der Waals surface area contributed by atoms with E-state index in [9.17, 15) is 4.79 Å². The Labute approximate surface area is 72.8 Å². The molecule has 0 spiro atoms. The fraction of sp³-hybridized carbons (Fsp3) is 0.300. The van der Waals surface area contributed by atoms with Crippen molar-refractivity contribution in [2.75, 3.05) is 11.9 Å². The molecule has 1 rings (SSSR count). The van der Waals surface area contributed by atoms with Gasteiger partial charge < -0.3 is 4.90 Å². The van der Waals surface area contributed by atoms with Crippen LogP contribution in [0, 0.1) is 13.8 Å². The zero-order valence-corrected chi connectivity index (χ0v) is 7.66. The number of benzene rings is 1. The second kappa shape index (κ2) is 3.39. The quantitative estimate of drug-likeness (QED) is 0.610. The van der Waals surface area contributed by atoms with Crippen LogP contribution in [0.3, 0.4) is 0 Å². The minimum Gasteiger partial charge on any atom is -0.318 e. The summed E-state index contributed by atoms with van der Waals surface area (Å²) in [6, 6.07) is 6.06. The van der Waals surface area contributed by atoms with E-state index in [1.165, 1.54) is 5.56 Å². The molecule has 64 valence electrons. The average Bonchev–Trinajstić information content (AvgIpc) is 2.08. The van der Waals surface area contributed by atoms with Crippen LogP contribution in [0.4, 0.5) is 5.69 Å². The molecular formula is C10H13NO. The Kier molecular flexibility index (Phi) is 2.48. The van der Waals surface area contributed by atoms with Crippen molar-refractivity contribution in [2.45, 2.75) is 13.8 Å². The maximum atomic E-state index is 10.5. The van der Waals surface area contributed by atoms with Gasteiger partial charge in [-0.05, 0) is 31.0 Å². The summed E-state index contributed by atoms with van der Waals surface area (Å²) in [5.41, 5.74) is 3.27. The van der Waals surface area contributed by atoms with Crippen LogP contribution in [-0.4, -0.2) is 13.5 Å². The van der Waals surface area contributed by atoms with E-state index in [1.807, 2.05) is 32.0 Å². The van der Waals surface area contributed by atoms with Gasteiger partial charge in [-0.25, -0.2) is 0 Å². The smallest absolute Gasteiger partial charge is 0.213 e. The molecule has 0 aliphatic heterocycles. The van der Waals surface area contributed by atoms with Crippen LogP contribution in [0.2, 0.25) is 0 Å². The van der Waals surface area contributed by atoms with E-state index in [4.69, 9.17) is 0 Å². The first kappa shape index (κ1) is 8.78. The predicted molar refractivity (Wildman–Crippen MR) is 50.4 cm³/mol. The van der Waals surface area contributed by atoms with Crippen LogP contribution in [-0.2, 0) is 4.79 Å². The summed E-state index contributed by atoms with van der Waals surface area (Å²) < 4.78 is 0. The molecule has 0 saturated heterocycles. The van der Waals surface area contributed by atoms with E-state index >= 15 is 0 Å². The number of hydrogen-bond acceptors (Lipinski definition) is 1. The summed E-state index contributed by atoms with van der Waals surface area (Å²) in [5.74, 6) is 0. The van der Waals surface area contributed by atoms with Crippen LogP contribution in [0.15, 0.2) is 18.2 Å². The van der Waals surface area contributed by atoms with Gasteiger partial charge in [0, 0.05) is 12.7 Å². The van der Waals surface area contributed by atoms with Crippen LogP contribution in [0.5, 0.6) is 0 Å². The van der Waals surface area contributed by atoms with Gasteiger partial charge in [-0.15, -0.1) is 0 Å². The van der Waals surface area contributed by atoms with Gasteiger partial charge in [-0.3, -0.25) is 4.79 Å². The summed E-state index contributed by atoms with van der Waals surface area (Å²) >= 11 is 0. The van der Waals surface area contributed by atoms with Crippen LogP contribution < -0.4 is 4.90 Å². The molecule has 2 heteroatoms. The van der Waals surface area contributed by atoms with E-state index < -0.39 is 0 Å². The number of carbonyl (C=O) groups excluding carboxylic acids is 1. The number of rotatable bonds is 2. The van der Waals surface area contributed by atoms with Crippen molar-refractivity contribution in [3.63, 3.8) is 0 Å². The lowest BCUT2D eigenvalue weighted by molar-refractivity contribution is -0.107. The normalized spacial score (nSPS) is 9.58. The summed E-state index contributed by atoms with van der Waals surface area (Å²) in [5, 5.41) is 0. The molecule has 0 bridgehead atoms. The molecule has 0 atom stereocenters. The molecule has 0 heterocycles. The molecule has 0 unspecified atom stereocenters. The number of hydrogen-bond donors (Lipinski definition) is 0. The maximum absolute atomic E-state index is 10.5. The lowest BCUT2D eigenvalue weighted by Crippen LogP contribution is -2.14. The molecule has 0 aromatic heterocycles. The first-order valence-corrected chi connectivity index (χ1v) is 3.90. The van der Waals surface area contributed by atoms with Crippen LogP contribution in [0.25, 0.3) is 0 Å². The minimum atomic E-state index is 0.821.